The molecule has 2 N–H and O–H groups in total. The lowest BCUT2D eigenvalue weighted by molar-refractivity contribution is -0.134. The monoisotopic (exact) mass is 281 g/mol. The number of thiophene rings is 1. The van der Waals surface area contributed by atoms with E-state index >= 15 is 0 Å². The van der Waals surface area contributed by atoms with Crippen LogP contribution < -0.4 is 5.73 Å². The van der Waals surface area contributed by atoms with Gasteiger partial charge in [0.1, 0.15) is 0 Å². The van der Waals surface area contributed by atoms with E-state index in [0.717, 1.165) is 19.4 Å². The number of carbonyl (C=O) groups excluding carboxylic acids is 1. The molecule has 106 valence electrons. The molecule has 4 nitrogen and oxygen atoms in total. The highest BCUT2D eigenvalue weighted by Crippen LogP contribution is 2.32. The maximum Gasteiger partial charge on any atom is 0.239 e. The molecule has 0 radical (unpaired) electrons. The largest absolute Gasteiger partial charge is 0.347 e. The SMILES string of the molecule is CC(N)C(c1ccsc1)N1CCCC1C(=O)N(C)C. The second-order valence-electron chi connectivity index (χ2n) is 5.49. The number of rotatable bonds is 4. The van der Waals surface area contributed by atoms with Crippen LogP contribution in [0.1, 0.15) is 31.4 Å². The van der Waals surface area contributed by atoms with E-state index in [1.54, 1.807) is 16.2 Å². The Balaban J connectivity index is 2.24. The first kappa shape index (κ1) is 14.5. The molecule has 0 aromatic carbocycles. The van der Waals surface area contributed by atoms with Crippen molar-refractivity contribution in [3.8, 4) is 0 Å². The molecule has 1 fully saturated rings. The Morgan fingerprint density at radius 2 is 2.32 bits per heavy atom. The van der Waals surface area contributed by atoms with Crippen LogP contribution in [0.5, 0.6) is 0 Å². The fourth-order valence-electron chi connectivity index (χ4n) is 2.93. The first-order chi connectivity index (χ1) is 9.02. The van der Waals surface area contributed by atoms with Gasteiger partial charge in [-0.2, -0.15) is 11.3 Å². The summed E-state index contributed by atoms with van der Waals surface area (Å²) < 4.78 is 0. The zero-order valence-electron chi connectivity index (χ0n) is 11.9. The Morgan fingerprint density at radius 1 is 1.58 bits per heavy atom. The molecule has 1 aliphatic heterocycles. The molecular formula is C14H23N3OS. The van der Waals surface area contributed by atoms with E-state index in [1.807, 2.05) is 21.0 Å². The molecule has 1 amide bonds. The molecule has 1 aromatic heterocycles. The summed E-state index contributed by atoms with van der Waals surface area (Å²) in [6.07, 6.45) is 2.00. The molecule has 19 heavy (non-hydrogen) atoms. The van der Waals surface area contributed by atoms with Gasteiger partial charge in [-0.1, -0.05) is 0 Å². The number of likely N-dealkylation sites (tertiary alicyclic amines) is 1. The van der Waals surface area contributed by atoms with Gasteiger partial charge in [-0.05, 0) is 48.7 Å². The third kappa shape index (κ3) is 2.99. The van der Waals surface area contributed by atoms with Crippen LogP contribution in [0.2, 0.25) is 0 Å². The van der Waals surface area contributed by atoms with Crippen molar-refractivity contribution in [2.45, 2.75) is 37.9 Å². The van der Waals surface area contributed by atoms with Gasteiger partial charge in [0.15, 0.2) is 0 Å². The Bertz CT molecular complexity index is 416. The maximum atomic E-state index is 12.3. The lowest BCUT2D eigenvalue weighted by Gasteiger charge is -2.35. The molecule has 3 atom stereocenters. The van der Waals surface area contributed by atoms with Crippen LogP contribution in [-0.4, -0.2) is 48.4 Å². The van der Waals surface area contributed by atoms with Gasteiger partial charge in [-0.3, -0.25) is 9.69 Å². The van der Waals surface area contributed by atoms with E-state index in [-0.39, 0.29) is 24.0 Å². The number of likely N-dealkylation sites (N-methyl/N-ethyl adjacent to an activating group) is 1. The standard InChI is InChI=1S/C14H23N3OS/c1-10(15)13(11-6-8-19-9-11)17-7-4-5-12(17)14(18)16(2)3/h6,8-10,12-13H,4-5,7,15H2,1-3H3. The van der Waals surface area contributed by atoms with Gasteiger partial charge in [0.25, 0.3) is 0 Å². The molecule has 0 bridgehead atoms. The third-order valence-electron chi connectivity index (χ3n) is 3.76. The smallest absolute Gasteiger partial charge is 0.239 e. The van der Waals surface area contributed by atoms with Gasteiger partial charge >= 0.3 is 0 Å². The van der Waals surface area contributed by atoms with Crippen molar-refractivity contribution in [1.29, 1.82) is 0 Å². The van der Waals surface area contributed by atoms with Crippen molar-refractivity contribution < 1.29 is 4.79 Å². The topological polar surface area (TPSA) is 49.6 Å². The second kappa shape index (κ2) is 6.03. The van der Waals surface area contributed by atoms with E-state index in [1.165, 1.54) is 5.56 Å². The Hall–Kier alpha value is -0.910. The maximum absolute atomic E-state index is 12.3. The highest BCUT2D eigenvalue weighted by molar-refractivity contribution is 7.07. The van der Waals surface area contributed by atoms with Crippen LogP contribution >= 0.6 is 11.3 Å². The summed E-state index contributed by atoms with van der Waals surface area (Å²) >= 11 is 1.68. The molecule has 3 unspecified atom stereocenters. The number of nitrogens with two attached hydrogens (primary N) is 1. The average Bonchev–Trinajstić information content (AvgIpc) is 2.99. The molecule has 1 aliphatic rings. The van der Waals surface area contributed by atoms with Crippen LogP contribution in [-0.2, 0) is 4.79 Å². The van der Waals surface area contributed by atoms with E-state index in [0.29, 0.717) is 0 Å². The minimum Gasteiger partial charge on any atom is -0.347 e. The number of hydrogen-bond acceptors (Lipinski definition) is 4. The van der Waals surface area contributed by atoms with Crippen LogP contribution in [0, 0.1) is 0 Å². The zero-order valence-corrected chi connectivity index (χ0v) is 12.7. The third-order valence-corrected chi connectivity index (χ3v) is 4.46. The summed E-state index contributed by atoms with van der Waals surface area (Å²) in [5, 5.41) is 4.22. The normalized spacial score (nSPS) is 23.3. The molecule has 0 spiro atoms. The van der Waals surface area contributed by atoms with Gasteiger partial charge in [-0.25, -0.2) is 0 Å². The quantitative estimate of drug-likeness (QED) is 0.913. The molecule has 0 saturated carbocycles. The van der Waals surface area contributed by atoms with E-state index < -0.39 is 0 Å². The summed E-state index contributed by atoms with van der Waals surface area (Å²) in [5.74, 6) is 0.193. The van der Waals surface area contributed by atoms with Gasteiger partial charge in [0.05, 0.1) is 12.1 Å². The van der Waals surface area contributed by atoms with Crippen molar-refractivity contribution in [3.05, 3.63) is 22.4 Å². The van der Waals surface area contributed by atoms with Crippen LogP contribution in [0.4, 0.5) is 0 Å². The first-order valence-corrected chi connectivity index (χ1v) is 7.71. The number of carbonyl (C=O) groups is 1. The van der Waals surface area contributed by atoms with Crippen LogP contribution in [0.15, 0.2) is 16.8 Å². The molecule has 5 heteroatoms. The molecule has 1 aromatic rings. The highest BCUT2D eigenvalue weighted by Gasteiger charge is 2.38. The average molecular weight is 281 g/mol. The van der Waals surface area contributed by atoms with Crippen molar-refractivity contribution in [3.63, 3.8) is 0 Å². The number of nitrogens with zero attached hydrogens (tertiary/aromatic N) is 2. The van der Waals surface area contributed by atoms with E-state index in [4.69, 9.17) is 5.73 Å². The van der Waals surface area contributed by atoms with E-state index in [2.05, 4.69) is 21.7 Å². The van der Waals surface area contributed by atoms with Gasteiger partial charge in [-0.15, -0.1) is 0 Å². The molecule has 1 saturated heterocycles. The van der Waals surface area contributed by atoms with Crippen molar-refractivity contribution in [2.75, 3.05) is 20.6 Å². The fraction of sp³-hybridized carbons (Fsp3) is 0.643. The second-order valence-corrected chi connectivity index (χ2v) is 6.27. The number of hydrogen-bond donors (Lipinski definition) is 1. The predicted molar refractivity (Wildman–Crippen MR) is 79.1 cm³/mol. The highest BCUT2D eigenvalue weighted by atomic mass is 32.1. The molecule has 2 rings (SSSR count). The summed E-state index contributed by atoms with van der Waals surface area (Å²) in [5.41, 5.74) is 7.42. The minimum absolute atomic E-state index is 0.0187. The predicted octanol–water partition coefficient (Wildman–Crippen LogP) is 1.69. The lowest BCUT2D eigenvalue weighted by Crippen LogP contribution is -2.48. The lowest BCUT2D eigenvalue weighted by atomic mass is 10.0. The molecule has 0 aliphatic carbocycles. The van der Waals surface area contributed by atoms with Crippen molar-refractivity contribution in [1.82, 2.24) is 9.80 Å². The van der Waals surface area contributed by atoms with Gasteiger partial charge < -0.3 is 10.6 Å². The Morgan fingerprint density at radius 3 is 2.84 bits per heavy atom. The summed E-state index contributed by atoms with van der Waals surface area (Å²) in [7, 11) is 3.65. The summed E-state index contributed by atoms with van der Waals surface area (Å²) in [6.45, 7) is 2.98. The molecular weight excluding hydrogens is 258 g/mol. The summed E-state index contributed by atoms with van der Waals surface area (Å²) in [4.78, 5) is 16.3. The zero-order chi connectivity index (χ0) is 14.0. The van der Waals surface area contributed by atoms with Crippen LogP contribution in [0.25, 0.3) is 0 Å². The van der Waals surface area contributed by atoms with E-state index in [9.17, 15) is 4.79 Å². The van der Waals surface area contributed by atoms with Crippen molar-refractivity contribution >= 4 is 17.2 Å². The molecule has 2 heterocycles. The van der Waals surface area contributed by atoms with Crippen molar-refractivity contribution in [2.24, 2.45) is 5.73 Å². The minimum atomic E-state index is -0.0223. The fourth-order valence-corrected chi connectivity index (χ4v) is 3.61. The Labute approximate surface area is 119 Å². The summed E-state index contributed by atoms with van der Waals surface area (Å²) in [6, 6.07) is 2.26. The number of amides is 1. The Kier molecular flexibility index (Phi) is 4.60. The van der Waals surface area contributed by atoms with Gasteiger partial charge in [0, 0.05) is 20.1 Å². The first-order valence-electron chi connectivity index (χ1n) is 6.77. The van der Waals surface area contributed by atoms with Crippen LogP contribution in [0.3, 0.4) is 0 Å². The van der Waals surface area contributed by atoms with Gasteiger partial charge in [0.2, 0.25) is 5.91 Å².